The third kappa shape index (κ3) is 4.47. The van der Waals surface area contributed by atoms with Gasteiger partial charge >= 0.3 is 0 Å². The first-order valence-corrected chi connectivity index (χ1v) is 12.8. The van der Waals surface area contributed by atoms with E-state index in [0.29, 0.717) is 43.0 Å². The molecule has 1 amide bonds. The van der Waals surface area contributed by atoms with Crippen molar-refractivity contribution in [2.45, 2.75) is 32.0 Å². The van der Waals surface area contributed by atoms with Crippen molar-refractivity contribution in [1.29, 1.82) is 0 Å². The van der Waals surface area contributed by atoms with Gasteiger partial charge in [-0.2, -0.15) is 0 Å². The van der Waals surface area contributed by atoms with E-state index >= 15 is 0 Å². The van der Waals surface area contributed by atoms with Crippen LogP contribution in [0.15, 0.2) is 42.5 Å². The van der Waals surface area contributed by atoms with E-state index in [9.17, 15) is 9.90 Å². The van der Waals surface area contributed by atoms with Crippen LogP contribution >= 0.6 is 0 Å². The number of rotatable bonds is 6. The lowest BCUT2D eigenvalue weighted by Crippen LogP contribution is -2.66. The molecule has 4 heterocycles. The third-order valence-corrected chi connectivity index (χ3v) is 8.18. The van der Waals surface area contributed by atoms with Crippen molar-refractivity contribution >= 4 is 5.91 Å². The fourth-order valence-corrected chi connectivity index (χ4v) is 6.00. The van der Waals surface area contributed by atoms with Crippen LogP contribution < -0.4 is 4.74 Å². The predicted molar refractivity (Wildman–Crippen MR) is 133 cm³/mol. The van der Waals surface area contributed by atoms with Gasteiger partial charge in [0.25, 0.3) is 5.91 Å². The van der Waals surface area contributed by atoms with Crippen molar-refractivity contribution in [3.05, 3.63) is 64.7 Å². The minimum atomic E-state index is -0.598. The van der Waals surface area contributed by atoms with Crippen LogP contribution in [0.2, 0.25) is 0 Å². The Hall–Kier alpha value is -2.45. The molecule has 4 aliphatic rings. The van der Waals surface area contributed by atoms with E-state index < -0.39 is 6.10 Å². The fourth-order valence-electron chi connectivity index (χ4n) is 6.00. The highest BCUT2D eigenvalue weighted by molar-refractivity contribution is 5.97. The minimum absolute atomic E-state index is 0.0609. The largest absolute Gasteiger partial charge is 0.491 e. The van der Waals surface area contributed by atoms with Crippen LogP contribution in [0.3, 0.4) is 0 Å². The average Bonchev–Trinajstić information content (AvgIpc) is 2.95. The molecule has 0 radical (unpaired) electrons. The first-order chi connectivity index (χ1) is 17.0. The van der Waals surface area contributed by atoms with Gasteiger partial charge in [-0.3, -0.25) is 14.6 Å². The SMILES string of the molecule is CC(c1ccc2c(c1)OCCN(C[C@H](O)CN1CCc3ccccc3C1)C2=O)N1CC2(COC2)C1. The second-order valence-electron chi connectivity index (χ2n) is 10.8. The molecule has 186 valence electrons. The van der Waals surface area contributed by atoms with Gasteiger partial charge < -0.3 is 19.5 Å². The molecule has 1 unspecified atom stereocenters. The maximum atomic E-state index is 13.3. The van der Waals surface area contributed by atoms with Gasteiger partial charge in [-0.1, -0.05) is 30.3 Å². The highest BCUT2D eigenvalue weighted by Gasteiger charge is 2.50. The average molecular weight is 478 g/mol. The Kier molecular flexibility index (Phi) is 6.05. The summed E-state index contributed by atoms with van der Waals surface area (Å²) in [5.41, 5.74) is 4.87. The number of fused-ring (bicyclic) bond motifs is 2. The van der Waals surface area contributed by atoms with E-state index in [1.807, 2.05) is 12.1 Å². The third-order valence-electron chi connectivity index (χ3n) is 8.18. The summed E-state index contributed by atoms with van der Waals surface area (Å²) in [6, 6.07) is 14.8. The summed E-state index contributed by atoms with van der Waals surface area (Å²) in [6.45, 7) is 9.68. The van der Waals surface area contributed by atoms with Gasteiger partial charge in [0.05, 0.1) is 31.4 Å². The number of aliphatic hydroxyl groups excluding tert-OH is 1. The van der Waals surface area contributed by atoms with Gasteiger partial charge in [-0.25, -0.2) is 0 Å². The van der Waals surface area contributed by atoms with E-state index in [1.54, 1.807) is 4.90 Å². The quantitative estimate of drug-likeness (QED) is 0.689. The van der Waals surface area contributed by atoms with E-state index in [1.165, 1.54) is 16.7 Å². The summed E-state index contributed by atoms with van der Waals surface area (Å²) in [4.78, 5) is 19.8. The smallest absolute Gasteiger partial charge is 0.257 e. The topological polar surface area (TPSA) is 65.5 Å². The Labute approximate surface area is 207 Å². The minimum Gasteiger partial charge on any atom is -0.491 e. The van der Waals surface area contributed by atoms with Crippen LogP contribution in [-0.4, -0.2) is 90.9 Å². The highest BCUT2D eigenvalue weighted by Crippen LogP contribution is 2.42. The number of benzene rings is 2. The molecule has 4 aliphatic heterocycles. The highest BCUT2D eigenvalue weighted by atomic mass is 16.5. The lowest BCUT2D eigenvalue weighted by atomic mass is 9.76. The van der Waals surface area contributed by atoms with Crippen molar-refractivity contribution in [2.75, 3.05) is 59.1 Å². The molecule has 2 aromatic rings. The Morgan fingerprint density at radius 2 is 1.86 bits per heavy atom. The summed E-state index contributed by atoms with van der Waals surface area (Å²) in [7, 11) is 0. The Morgan fingerprint density at radius 3 is 2.63 bits per heavy atom. The van der Waals surface area contributed by atoms with E-state index in [4.69, 9.17) is 9.47 Å². The summed E-state index contributed by atoms with van der Waals surface area (Å²) in [6.07, 6.45) is 0.402. The molecule has 0 aliphatic carbocycles. The number of nitrogens with zero attached hydrogens (tertiary/aromatic N) is 3. The molecule has 7 heteroatoms. The van der Waals surface area contributed by atoms with Crippen LogP contribution in [0.4, 0.5) is 0 Å². The molecule has 35 heavy (non-hydrogen) atoms. The molecule has 2 atom stereocenters. The normalized spacial score (nSPS) is 23.4. The van der Waals surface area contributed by atoms with Crippen LogP contribution in [-0.2, 0) is 17.7 Å². The molecule has 2 fully saturated rings. The molecular formula is C28H35N3O4. The van der Waals surface area contributed by atoms with Crippen molar-refractivity contribution in [3.63, 3.8) is 0 Å². The fraction of sp³-hybridized carbons (Fsp3) is 0.536. The van der Waals surface area contributed by atoms with Crippen LogP contribution in [0.1, 0.15) is 40.0 Å². The number of hydrogen-bond acceptors (Lipinski definition) is 6. The molecule has 2 saturated heterocycles. The number of carbonyl (C=O) groups excluding carboxylic acids is 1. The molecule has 0 bridgehead atoms. The van der Waals surface area contributed by atoms with Crippen molar-refractivity contribution in [1.82, 2.24) is 14.7 Å². The number of amides is 1. The number of β-amino-alcohol motifs (C(OH)–C–C–N with tert-alkyl or cyclic N) is 1. The molecule has 0 saturated carbocycles. The predicted octanol–water partition coefficient (Wildman–Crippen LogP) is 2.33. The first-order valence-electron chi connectivity index (χ1n) is 12.8. The summed E-state index contributed by atoms with van der Waals surface area (Å²) >= 11 is 0. The number of carbonyl (C=O) groups is 1. The zero-order valence-electron chi connectivity index (χ0n) is 20.5. The van der Waals surface area contributed by atoms with Gasteiger partial charge in [0.2, 0.25) is 0 Å². The van der Waals surface area contributed by atoms with Crippen LogP contribution in [0.5, 0.6) is 5.75 Å². The number of hydrogen-bond donors (Lipinski definition) is 1. The molecule has 0 aromatic heterocycles. The molecule has 2 aromatic carbocycles. The second-order valence-corrected chi connectivity index (χ2v) is 10.8. The second kappa shape index (κ2) is 9.21. The monoisotopic (exact) mass is 477 g/mol. The van der Waals surface area contributed by atoms with E-state index in [-0.39, 0.29) is 11.9 Å². The molecule has 6 rings (SSSR count). The van der Waals surface area contributed by atoms with Crippen molar-refractivity contribution < 1.29 is 19.4 Å². The summed E-state index contributed by atoms with van der Waals surface area (Å²) in [5.74, 6) is 0.598. The summed E-state index contributed by atoms with van der Waals surface area (Å²) < 4.78 is 11.4. The van der Waals surface area contributed by atoms with Gasteiger partial charge in [0, 0.05) is 50.7 Å². The Balaban J connectivity index is 1.08. The van der Waals surface area contributed by atoms with E-state index in [0.717, 1.165) is 45.8 Å². The standard InChI is InChI=1S/C28H35N3O4/c1-20(31-16-28(17-31)18-34-19-28)22-6-7-25-26(12-22)35-11-10-30(27(25)33)15-24(32)14-29-9-8-21-4-2-3-5-23(21)13-29/h2-7,12,20,24,32H,8-11,13-19H2,1H3/t20?,24-/m1/s1. The van der Waals surface area contributed by atoms with Gasteiger partial charge in [-0.15, -0.1) is 0 Å². The molecule has 7 nitrogen and oxygen atoms in total. The molecule has 1 spiro atoms. The lowest BCUT2D eigenvalue weighted by Gasteiger charge is -2.57. The van der Waals surface area contributed by atoms with Crippen molar-refractivity contribution in [3.8, 4) is 5.75 Å². The number of ether oxygens (including phenoxy) is 2. The molecular weight excluding hydrogens is 442 g/mol. The van der Waals surface area contributed by atoms with Crippen molar-refractivity contribution in [2.24, 2.45) is 5.41 Å². The maximum absolute atomic E-state index is 13.3. The Morgan fingerprint density at radius 1 is 1.06 bits per heavy atom. The van der Waals surface area contributed by atoms with Crippen LogP contribution in [0, 0.1) is 5.41 Å². The number of likely N-dealkylation sites (tertiary alicyclic amines) is 1. The van der Waals surface area contributed by atoms with Gasteiger partial charge in [0.1, 0.15) is 12.4 Å². The van der Waals surface area contributed by atoms with Gasteiger partial charge in [0.15, 0.2) is 0 Å². The summed E-state index contributed by atoms with van der Waals surface area (Å²) in [5, 5.41) is 10.8. The first kappa shape index (κ1) is 23.0. The zero-order valence-corrected chi connectivity index (χ0v) is 20.5. The molecule has 1 N–H and O–H groups in total. The maximum Gasteiger partial charge on any atom is 0.257 e. The Bertz CT molecular complexity index is 1090. The van der Waals surface area contributed by atoms with Gasteiger partial charge in [-0.05, 0) is 42.2 Å². The lowest BCUT2D eigenvalue weighted by molar-refractivity contribution is -0.197. The number of aliphatic hydroxyl groups is 1. The van der Waals surface area contributed by atoms with Crippen LogP contribution in [0.25, 0.3) is 0 Å². The van der Waals surface area contributed by atoms with E-state index in [2.05, 4.69) is 47.1 Å². The zero-order chi connectivity index (χ0) is 24.0.